The van der Waals surface area contributed by atoms with Gasteiger partial charge in [0.1, 0.15) is 11.5 Å². The third-order valence-corrected chi connectivity index (χ3v) is 18.5. The van der Waals surface area contributed by atoms with Crippen molar-refractivity contribution in [1.82, 2.24) is 0 Å². The van der Waals surface area contributed by atoms with Gasteiger partial charge in [0.2, 0.25) is 0 Å². The molecule has 2 aliphatic heterocycles. The van der Waals surface area contributed by atoms with Gasteiger partial charge in [-0.2, -0.15) is 0 Å². The van der Waals surface area contributed by atoms with Crippen LogP contribution in [-0.2, 0) is 23.4 Å². The van der Waals surface area contributed by atoms with Crippen LogP contribution in [0.2, 0.25) is 5.04 Å². The maximum atomic E-state index is 14.4. The highest BCUT2D eigenvalue weighted by atomic mass is 32.2. The van der Waals surface area contributed by atoms with Crippen LogP contribution in [0.3, 0.4) is 0 Å². The van der Waals surface area contributed by atoms with Gasteiger partial charge in [-0.25, -0.2) is 19.3 Å². The molecule has 0 radical (unpaired) electrons. The molecule has 13 heteroatoms. The molecule has 352 valence electrons. The molecule has 70 heavy (non-hydrogen) atoms. The van der Waals surface area contributed by atoms with Gasteiger partial charge in [0.05, 0.1) is 40.1 Å². The lowest BCUT2D eigenvalue weighted by Gasteiger charge is -2.47. The molecule has 0 spiro atoms. The molecule has 0 N–H and O–H groups in total. The van der Waals surface area contributed by atoms with Crippen molar-refractivity contribution in [1.29, 1.82) is 0 Å². The molecule has 0 aliphatic carbocycles. The molecule has 0 saturated carbocycles. The minimum Gasteiger partial charge on any atom is -0.452 e. The van der Waals surface area contributed by atoms with Crippen molar-refractivity contribution in [2.24, 2.45) is 0 Å². The summed E-state index contributed by atoms with van der Waals surface area (Å²) in [7, 11) is -3.29. The Kier molecular flexibility index (Phi) is 14.1. The van der Waals surface area contributed by atoms with Crippen LogP contribution in [-0.4, -0.2) is 74.5 Å². The fraction of sp³-hybridized carbons (Fsp3) is 0.175. The van der Waals surface area contributed by atoms with Crippen molar-refractivity contribution in [3.63, 3.8) is 0 Å². The van der Waals surface area contributed by atoms with E-state index >= 15 is 0 Å². The molecule has 1 saturated heterocycles. The monoisotopic (exact) mass is 967 g/mol. The predicted octanol–water partition coefficient (Wildman–Crippen LogP) is 9.56. The fourth-order valence-electron chi connectivity index (χ4n) is 9.01. The highest BCUT2D eigenvalue weighted by molar-refractivity contribution is 7.99. The molecular formula is C57H49NO10SSi. The Hall–Kier alpha value is -7.42. The van der Waals surface area contributed by atoms with Crippen molar-refractivity contribution < 1.29 is 47.3 Å². The number of anilines is 1. The number of ether oxygens (including phenoxy) is 4. The number of benzene rings is 7. The van der Waals surface area contributed by atoms with Crippen LogP contribution in [0, 0.1) is 0 Å². The first kappa shape index (κ1) is 47.6. The Bertz CT molecular complexity index is 2900. The molecule has 7 aromatic carbocycles. The summed E-state index contributed by atoms with van der Waals surface area (Å²) in [5, 5.41) is 1.52. The molecule has 7 aromatic rings. The molecule has 5 atom stereocenters. The van der Waals surface area contributed by atoms with Crippen LogP contribution in [0.5, 0.6) is 0 Å². The van der Waals surface area contributed by atoms with E-state index < -0.39 is 72.9 Å². The van der Waals surface area contributed by atoms with E-state index in [0.717, 1.165) is 15.3 Å². The van der Waals surface area contributed by atoms with Gasteiger partial charge in [-0.1, -0.05) is 160 Å². The zero-order valence-corrected chi connectivity index (χ0v) is 40.4. The van der Waals surface area contributed by atoms with Gasteiger partial charge in [-0.3, -0.25) is 9.59 Å². The molecule has 9 rings (SSSR count). The second kappa shape index (κ2) is 20.7. The average molecular weight is 968 g/mol. The summed E-state index contributed by atoms with van der Waals surface area (Å²) in [6, 6.07) is 58.7. The first-order valence-electron chi connectivity index (χ1n) is 22.9. The Balaban J connectivity index is 1.15. The van der Waals surface area contributed by atoms with E-state index in [4.69, 9.17) is 23.4 Å². The first-order chi connectivity index (χ1) is 33.9. The highest BCUT2D eigenvalue weighted by Crippen LogP contribution is 2.42. The molecule has 2 amide bonds. The number of rotatable bonds is 14. The fourth-order valence-corrected chi connectivity index (χ4v) is 14.7. The van der Waals surface area contributed by atoms with Crippen LogP contribution < -0.4 is 15.3 Å². The number of imide groups is 1. The lowest BCUT2D eigenvalue weighted by molar-refractivity contribution is -0.206. The molecule has 2 heterocycles. The van der Waals surface area contributed by atoms with Crippen LogP contribution in [0.1, 0.15) is 72.6 Å². The number of thioether (sulfide) groups is 1. The van der Waals surface area contributed by atoms with E-state index in [1.165, 1.54) is 11.8 Å². The zero-order valence-electron chi connectivity index (χ0n) is 38.6. The lowest BCUT2D eigenvalue weighted by atomic mass is 9.98. The summed E-state index contributed by atoms with van der Waals surface area (Å²) in [5.41, 5.74) is 0.513. The number of hydrogen-bond acceptors (Lipinski definition) is 11. The summed E-state index contributed by atoms with van der Waals surface area (Å²) in [5.74, 6) is -3.10. The van der Waals surface area contributed by atoms with Gasteiger partial charge in [0.15, 0.2) is 18.3 Å². The average Bonchev–Trinajstić information content (AvgIpc) is 3.65. The van der Waals surface area contributed by atoms with Gasteiger partial charge in [0, 0.05) is 4.90 Å². The van der Waals surface area contributed by atoms with E-state index in [9.17, 15) is 24.0 Å². The SMILES string of the molecule is CC(C)(C)[Si](OC[C@H]1O[C@@H](Sc2ccc(N3C(=O)c4ccccc4C3=O)cc2)[C@H](OC(=O)c2ccccc2)[C@@H](OC(=O)c2ccccc2)[C@H]1OC(=O)c1ccccc1)(c1ccccc1)c1ccccc1. The smallest absolute Gasteiger partial charge is 0.338 e. The number of nitrogens with zero attached hydrogens (tertiary/aromatic N) is 1. The quantitative estimate of drug-likeness (QED) is 0.0447. The first-order valence-corrected chi connectivity index (χ1v) is 25.6. The second-order valence-corrected chi connectivity index (χ2v) is 23.3. The largest absolute Gasteiger partial charge is 0.452 e. The van der Waals surface area contributed by atoms with Crippen molar-refractivity contribution >= 4 is 65.9 Å². The van der Waals surface area contributed by atoms with E-state index in [-0.39, 0.29) is 23.3 Å². The molecular weight excluding hydrogens is 919 g/mol. The van der Waals surface area contributed by atoms with Crippen molar-refractivity contribution in [2.75, 3.05) is 11.5 Å². The number of carbonyl (C=O) groups is 5. The van der Waals surface area contributed by atoms with Crippen LogP contribution >= 0.6 is 11.8 Å². The van der Waals surface area contributed by atoms with Crippen LogP contribution in [0.4, 0.5) is 5.69 Å². The zero-order chi connectivity index (χ0) is 48.8. The molecule has 11 nitrogen and oxygen atoms in total. The molecule has 0 aromatic heterocycles. The van der Waals surface area contributed by atoms with Crippen molar-refractivity contribution in [2.45, 2.75) is 60.6 Å². The predicted molar refractivity (Wildman–Crippen MR) is 269 cm³/mol. The number of hydrogen-bond donors (Lipinski definition) is 0. The number of esters is 3. The third-order valence-electron chi connectivity index (χ3n) is 12.4. The standard InChI is InChI=1S/C57H49NO10SSi/c1-57(2,3)70(43-27-15-7-16-28-43,44-29-17-8-18-30-44)64-37-47-48(66-53(61)38-21-9-4-10-22-38)49(67-54(62)39-23-11-5-12-24-39)50(68-55(63)40-25-13-6-14-26-40)56(65-47)69-42-35-33-41(34-36-42)58-51(59)45-31-19-20-32-46(45)52(58)60/h4-36,47-50,56H,37H2,1-3H3/t47-,48+,49+,50-,56+/m1/s1. The molecule has 2 aliphatic rings. The lowest BCUT2D eigenvalue weighted by Crippen LogP contribution is -2.68. The van der Waals surface area contributed by atoms with Gasteiger partial charge < -0.3 is 23.4 Å². The summed E-state index contributed by atoms with van der Waals surface area (Å²) >= 11 is 1.17. The number of carbonyl (C=O) groups excluding carboxylic acids is 5. The van der Waals surface area contributed by atoms with Crippen LogP contribution in [0.25, 0.3) is 0 Å². The van der Waals surface area contributed by atoms with Gasteiger partial charge >= 0.3 is 17.9 Å². The van der Waals surface area contributed by atoms with Crippen LogP contribution in [0.15, 0.2) is 205 Å². The van der Waals surface area contributed by atoms with Crippen molar-refractivity contribution in [3.05, 3.63) is 228 Å². The number of fused-ring (bicyclic) bond motifs is 1. The van der Waals surface area contributed by atoms with Crippen molar-refractivity contribution in [3.8, 4) is 0 Å². The summed E-state index contributed by atoms with van der Waals surface area (Å²) < 4.78 is 33.9. The molecule has 1 fully saturated rings. The highest BCUT2D eigenvalue weighted by Gasteiger charge is 2.56. The molecule has 0 bridgehead atoms. The van der Waals surface area contributed by atoms with Gasteiger partial charge in [-0.05, 0) is 88.2 Å². The van der Waals surface area contributed by atoms with E-state index in [1.54, 1.807) is 140 Å². The summed E-state index contributed by atoms with van der Waals surface area (Å²) in [4.78, 5) is 71.6. The van der Waals surface area contributed by atoms with E-state index in [0.29, 0.717) is 21.7 Å². The topological polar surface area (TPSA) is 135 Å². The molecule has 0 unspecified atom stereocenters. The summed E-state index contributed by atoms with van der Waals surface area (Å²) in [6.45, 7) is 6.26. The minimum absolute atomic E-state index is 0.158. The Morgan fingerprint density at radius 2 is 0.900 bits per heavy atom. The number of amides is 2. The minimum atomic E-state index is -3.29. The Labute approximate surface area is 411 Å². The van der Waals surface area contributed by atoms with Gasteiger partial charge in [-0.15, -0.1) is 0 Å². The maximum absolute atomic E-state index is 14.4. The summed E-state index contributed by atoms with van der Waals surface area (Å²) in [6.07, 6.45) is -5.41. The Morgan fingerprint density at radius 1 is 0.514 bits per heavy atom. The second-order valence-electron chi connectivity index (χ2n) is 17.8. The maximum Gasteiger partial charge on any atom is 0.338 e. The third kappa shape index (κ3) is 9.74. The normalized spacial score (nSPS) is 19.0. The van der Waals surface area contributed by atoms with E-state index in [1.807, 2.05) is 36.4 Å². The Morgan fingerprint density at radius 3 is 1.33 bits per heavy atom. The van der Waals surface area contributed by atoms with E-state index in [2.05, 4.69) is 45.0 Å². The van der Waals surface area contributed by atoms with Gasteiger partial charge in [0.25, 0.3) is 20.1 Å².